The Morgan fingerprint density at radius 1 is 1.23 bits per heavy atom. The first-order valence-corrected chi connectivity index (χ1v) is 10.5. The number of nitrogens with zero attached hydrogens (tertiary/aromatic N) is 1. The lowest BCUT2D eigenvalue weighted by Gasteiger charge is -2.40. The van der Waals surface area contributed by atoms with Crippen molar-refractivity contribution in [1.29, 1.82) is 0 Å². The fourth-order valence-corrected chi connectivity index (χ4v) is 3.82. The summed E-state index contributed by atoms with van der Waals surface area (Å²) in [4.78, 5) is 15.3. The summed E-state index contributed by atoms with van der Waals surface area (Å²) in [6.45, 7) is 6.13. The number of piperidine rings is 1. The van der Waals surface area contributed by atoms with E-state index < -0.39 is 0 Å². The van der Waals surface area contributed by atoms with Gasteiger partial charge in [-0.05, 0) is 51.3 Å². The number of nitrogens with one attached hydrogen (secondary N) is 1. The zero-order valence-electron chi connectivity index (χ0n) is 18.6. The normalized spacial score (nSPS) is 18.6. The molecule has 1 aromatic rings. The second-order valence-electron chi connectivity index (χ2n) is 7.72. The molecule has 30 heavy (non-hydrogen) atoms. The molecule has 7 nitrogen and oxygen atoms in total. The van der Waals surface area contributed by atoms with Crippen molar-refractivity contribution in [2.24, 2.45) is 0 Å². The topological polar surface area (TPSA) is 80.3 Å². The number of rotatable bonds is 11. The summed E-state index contributed by atoms with van der Waals surface area (Å²) in [5.74, 6) is 1.18. The van der Waals surface area contributed by atoms with Gasteiger partial charge >= 0.3 is 0 Å². The molecule has 0 bridgehead atoms. The van der Waals surface area contributed by atoms with Crippen molar-refractivity contribution in [2.75, 3.05) is 40.6 Å². The molecule has 0 unspecified atom stereocenters. The maximum atomic E-state index is 13.4. The third kappa shape index (κ3) is 7.30. The second-order valence-corrected chi connectivity index (χ2v) is 7.72. The summed E-state index contributed by atoms with van der Waals surface area (Å²) in [7, 11) is 3.25. The van der Waals surface area contributed by atoms with Crippen molar-refractivity contribution >= 4 is 18.3 Å². The van der Waals surface area contributed by atoms with E-state index in [0.717, 1.165) is 32.2 Å². The van der Waals surface area contributed by atoms with Gasteiger partial charge < -0.3 is 29.5 Å². The quantitative estimate of drug-likeness (QED) is 0.511. The summed E-state index contributed by atoms with van der Waals surface area (Å²) < 4.78 is 16.3. The van der Waals surface area contributed by atoms with Crippen LogP contribution in [-0.4, -0.2) is 74.6 Å². The summed E-state index contributed by atoms with van der Waals surface area (Å²) >= 11 is 0. The number of hydrogen-bond donors (Lipinski definition) is 2. The molecule has 8 heteroatoms. The highest BCUT2D eigenvalue weighted by Gasteiger charge is 2.31. The minimum atomic E-state index is -0.00296. The molecule has 0 aliphatic carbocycles. The van der Waals surface area contributed by atoms with Crippen LogP contribution < -0.4 is 14.8 Å². The summed E-state index contributed by atoms with van der Waals surface area (Å²) in [6, 6.07) is 5.89. The number of benzene rings is 1. The Morgan fingerprint density at radius 3 is 2.57 bits per heavy atom. The molecule has 0 aromatic heterocycles. The van der Waals surface area contributed by atoms with Gasteiger partial charge in [0.05, 0.1) is 13.7 Å². The zero-order chi connectivity index (χ0) is 21.2. The highest BCUT2D eigenvalue weighted by Crippen LogP contribution is 2.30. The first kappa shape index (κ1) is 26.5. The maximum Gasteiger partial charge on any atom is 0.254 e. The van der Waals surface area contributed by atoms with Crippen LogP contribution in [0.15, 0.2) is 18.2 Å². The summed E-state index contributed by atoms with van der Waals surface area (Å²) in [5, 5.41) is 12.6. The minimum absolute atomic E-state index is 0. The van der Waals surface area contributed by atoms with E-state index in [1.54, 1.807) is 32.4 Å². The first-order valence-electron chi connectivity index (χ1n) is 10.5. The smallest absolute Gasteiger partial charge is 0.254 e. The van der Waals surface area contributed by atoms with Crippen LogP contribution in [0.1, 0.15) is 49.9 Å². The van der Waals surface area contributed by atoms with E-state index in [1.807, 2.05) is 18.7 Å². The van der Waals surface area contributed by atoms with E-state index >= 15 is 0 Å². The average Bonchev–Trinajstić information content (AvgIpc) is 2.72. The Balaban J connectivity index is 0.00000450. The molecule has 172 valence electrons. The summed E-state index contributed by atoms with van der Waals surface area (Å²) in [5.41, 5.74) is 0.596. The Kier molecular flexibility index (Phi) is 12.1. The molecule has 2 rings (SSSR count). The van der Waals surface area contributed by atoms with E-state index in [2.05, 4.69) is 5.32 Å². The molecule has 2 atom stereocenters. The predicted molar refractivity (Wildman–Crippen MR) is 120 cm³/mol. The van der Waals surface area contributed by atoms with Gasteiger partial charge in [-0.2, -0.15) is 0 Å². The number of halogens is 1. The molecule has 1 heterocycles. The third-order valence-electron chi connectivity index (χ3n) is 5.31. The van der Waals surface area contributed by atoms with Crippen LogP contribution in [0.3, 0.4) is 0 Å². The molecular formula is C22H37ClN2O5. The molecule has 1 saturated heterocycles. The fourth-order valence-electron chi connectivity index (χ4n) is 3.82. The monoisotopic (exact) mass is 444 g/mol. The first-order chi connectivity index (χ1) is 14.0. The number of amides is 1. The maximum absolute atomic E-state index is 13.4. The van der Waals surface area contributed by atoms with E-state index in [0.29, 0.717) is 36.3 Å². The van der Waals surface area contributed by atoms with Crippen molar-refractivity contribution < 1.29 is 24.1 Å². The second kappa shape index (κ2) is 13.7. The number of hydrogen-bond acceptors (Lipinski definition) is 6. The lowest BCUT2D eigenvalue weighted by molar-refractivity contribution is 0.0548. The minimum Gasteiger partial charge on any atom is -0.493 e. The lowest BCUT2D eigenvalue weighted by Crippen LogP contribution is -2.54. The van der Waals surface area contributed by atoms with Gasteiger partial charge in [0, 0.05) is 57.0 Å². The number of methoxy groups -OCH3 is 2. The molecule has 1 fully saturated rings. The highest BCUT2D eigenvalue weighted by molar-refractivity contribution is 5.95. The fraction of sp³-hybridized carbons (Fsp3) is 0.682. The van der Waals surface area contributed by atoms with E-state index in [1.165, 1.54) is 0 Å². The number of carbonyl (C=O) groups is 1. The van der Waals surface area contributed by atoms with Crippen LogP contribution in [0.25, 0.3) is 0 Å². The largest absolute Gasteiger partial charge is 0.493 e. The lowest BCUT2D eigenvalue weighted by atomic mass is 9.96. The SMILES string of the molecule is COCCCOc1cc(C(=O)N(C(C)C)[C@@H]2CC[C@@H](CCO)NC2)ccc1OC.Cl. The number of aliphatic hydroxyl groups is 1. The van der Waals surface area contributed by atoms with Gasteiger partial charge in [0.2, 0.25) is 0 Å². The zero-order valence-corrected chi connectivity index (χ0v) is 19.4. The molecule has 1 amide bonds. The van der Waals surface area contributed by atoms with Crippen molar-refractivity contribution in [3.63, 3.8) is 0 Å². The van der Waals surface area contributed by atoms with Crippen molar-refractivity contribution in [3.8, 4) is 11.5 Å². The third-order valence-corrected chi connectivity index (χ3v) is 5.31. The van der Waals surface area contributed by atoms with E-state index in [4.69, 9.17) is 19.3 Å². The molecule has 1 aliphatic heterocycles. The van der Waals surface area contributed by atoms with Crippen LogP contribution in [0.2, 0.25) is 0 Å². The number of carbonyl (C=O) groups excluding carboxylic acids is 1. The van der Waals surface area contributed by atoms with Crippen LogP contribution in [0.4, 0.5) is 0 Å². The van der Waals surface area contributed by atoms with Gasteiger partial charge in [0.1, 0.15) is 0 Å². The molecular weight excluding hydrogens is 408 g/mol. The van der Waals surface area contributed by atoms with Crippen LogP contribution in [0, 0.1) is 0 Å². The highest BCUT2D eigenvalue weighted by atomic mass is 35.5. The van der Waals surface area contributed by atoms with Gasteiger partial charge in [-0.15, -0.1) is 12.4 Å². The Hall–Kier alpha value is -1.54. The van der Waals surface area contributed by atoms with Crippen LogP contribution >= 0.6 is 12.4 Å². The molecule has 1 aliphatic rings. The average molecular weight is 445 g/mol. The van der Waals surface area contributed by atoms with Crippen LogP contribution in [0.5, 0.6) is 11.5 Å². The predicted octanol–water partition coefficient (Wildman–Crippen LogP) is 2.89. The standard InChI is InChI=1S/C22H36N2O5.ClH/c1-16(2)24(19-8-7-18(10-11-25)23-15-19)22(26)17-6-9-20(28-4)21(14-17)29-13-5-12-27-3;/h6,9,14,16,18-19,23,25H,5,7-8,10-13,15H2,1-4H3;1H/t18-,19+;/m0./s1. The van der Waals surface area contributed by atoms with Crippen molar-refractivity contribution in [1.82, 2.24) is 10.2 Å². The molecule has 0 radical (unpaired) electrons. The van der Waals surface area contributed by atoms with Crippen molar-refractivity contribution in [3.05, 3.63) is 23.8 Å². The number of ether oxygens (including phenoxy) is 3. The molecule has 0 spiro atoms. The van der Waals surface area contributed by atoms with E-state index in [-0.39, 0.29) is 37.0 Å². The van der Waals surface area contributed by atoms with Gasteiger partial charge in [-0.3, -0.25) is 4.79 Å². The van der Waals surface area contributed by atoms with Gasteiger partial charge in [-0.25, -0.2) is 0 Å². The molecule has 2 N–H and O–H groups in total. The van der Waals surface area contributed by atoms with Gasteiger partial charge in [0.25, 0.3) is 5.91 Å². The molecule has 1 aromatic carbocycles. The van der Waals surface area contributed by atoms with Gasteiger partial charge in [-0.1, -0.05) is 0 Å². The Bertz CT molecular complexity index is 636. The van der Waals surface area contributed by atoms with Crippen molar-refractivity contribution in [2.45, 2.75) is 57.7 Å². The Labute approximate surface area is 186 Å². The number of aliphatic hydroxyl groups excluding tert-OH is 1. The van der Waals surface area contributed by atoms with Crippen LogP contribution in [-0.2, 0) is 4.74 Å². The summed E-state index contributed by atoms with van der Waals surface area (Å²) in [6.07, 6.45) is 3.40. The molecule has 0 saturated carbocycles. The Morgan fingerprint density at radius 2 is 2.00 bits per heavy atom. The van der Waals surface area contributed by atoms with E-state index in [9.17, 15) is 4.79 Å². The van der Waals surface area contributed by atoms with Gasteiger partial charge in [0.15, 0.2) is 11.5 Å².